The molecule has 0 spiro atoms. The van der Waals surface area contributed by atoms with E-state index in [1.807, 2.05) is 60.7 Å². The van der Waals surface area contributed by atoms with Crippen molar-refractivity contribution in [1.29, 1.82) is 0 Å². The first-order chi connectivity index (χ1) is 63.4. The van der Waals surface area contributed by atoms with Gasteiger partial charge in [-0.1, -0.05) is 230 Å². The topological polar surface area (TPSA) is 170 Å². The van der Waals surface area contributed by atoms with Gasteiger partial charge in [0.2, 0.25) is 0 Å². The van der Waals surface area contributed by atoms with Gasteiger partial charge in [-0.2, -0.15) is 0 Å². The Bertz CT molecular complexity index is 7010. The second kappa shape index (κ2) is 36.4. The zero-order valence-corrected chi connectivity index (χ0v) is 70.0. The first kappa shape index (κ1) is 79.2. The van der Waals surface area contributed by atoms with Crippen LogP contribution in [-0.2, 0) is 18.9 Å². The molecule has 128 heavy (non-hydrogen) atoms. The van der Waals surface area contributed by atoms with Crippen LogP contribution >= 0.6 is 0 Å². The molecule has 0 unspecified atom stereocenters. The number of nitrogens with one attached hydrogen (secondary N) is 4. The van der Waals surface area contributed by atoms with E-state index in [-0.39, 0.29) is 13.2 Å². The van der Waals surface area contributed by atoms with Crippen LogP contribution in [0, 0.1) is 23.7 Å². The van der Waals surface area contributed by atoms with Crippen molar-refractivity contribution in [2.24, 2.45) is 0 Å². The number of hydrogen-bond donors (Lipinski definition) is 4. The van der Waals surface area contributed by atoms with Crippen LogP contribution in [0.2, 0.25) is 0 Å². The van der Waals surface area contributed by atoms with Crippen molar-refractivity contribution < 1.29 is 28.4 Å². The molecule has 0 aliphatic carbocycles. The van der Waals surface area contributed by atoms with Gasteiger partial charge < -0.3 is 48.4 Å². The maximum Gasteiger partial charge on any atom is 0.127 e. The number of benzene rings is 10. The molecule has 11 heterocycles. The van der Waals surface area contributed by atoms with Crippen molar-refractivity contribution in [3.05, 3.63) is 383 Å². The molecule has 10 aromatic carbocycles. The maximum absolute atomic E-state index is 6.69. The predicted molar refractivity (Wildman–Crippen MR) is 519 cm³/mol. The van der Waals surface area contributed by atoms with Gasteiger partial charge in [-0.05, 0) is 202 Å². The fourth-order valence-corrected chi connectivity index (χ4v) is 17.3. The zero-order valence-electron chi connectivity index (χ0n) is 70.0. The monoisotopic (exact) mass is 1660 g/mol. The second-order valence-corrected chi connectivity index (χ2v) is 31.4. The molecule has 0 saturated heterocycles. The molecule has 616 valence electrons. The second-order valence-electron chi connectivity index (χ2n) is 31.4. The Morgan fingerprint density at radius 1 is 0.188 bits per heavy atom. The summed E-state index contributed by atoms with van der Waals surface area (Å²) in [5.41, 5.74) is 34.6. The number of H-pyrrole nitrogens is 4. The van der Waals surface area contributed by atoms with E-state index in [0.29, 0.717) is 64.4 Å². The molecular formula is C114H84N8O6. The Hall–Kier alpha value is -16.0. The highest BCUT2D eigenvalue weighted by molar-refractivity contribution is 6.03. The van der Waals surface area contributed by atoms with Crippen LogP contribution in [0.15, 0.2) is 315 Å². The van der Waals surface area contributed by atoms with Crippen molar-refractivity contribution in [3.63, 3.8) is 0 Å². The smallest absolute Gasteiger partial charge is 0.127 e. The summed E-state index contributed by atoms with van der Waals surface area (Å²) in [6.45, 7) is 3.78. The van der Waals surface area contributed by atoms with E-state index >= 15 is 0 Å². The minimum Gasteiger partial charge on any atom is -0.491 e. The molecule has 0 fully saturated rings. The fraction of sp³-hybridized carbons (Fsp3) is 0.0877. The molecular weight excluding hydrogens is 1580 g/mol. The van der Waals surface area contributed by atoms with Crippen molar-refractivity contribution >= 4 is 92.7 Å². The highest BCUT2D eigenvalue weighted by Crippen LogP contribution is 2.44. The van der Waals surface area contributed by atoms with Gasteiger partial charge in [0, 0.05) is 122 Å². The molecule has 0 radical (unpaired) electrons. The molecule has 5 aliphatic heterocycles. The third-order valence-electron chi connectivity index (χ3n) is 23.3. The fourth-order valence-electron chi connectivity index (χ4n) is 17.3. The summed E-state index contributed by atoms with van der Waals surface area (Å²) in [5, 5.41) is 0. The molecule has 16 bridgehead atoms. The van der Waals surface area contributed by atoms with Gasteiger partial charge in [-0.3, -0.25) is 0 Å². The van der Waals surface area contributed by atoms with Gasteiger partial charge in [-0.15, -0.1) is 0 Å². The number of rotatable bonds is 8. The molecule has 0 amide bonds. The van der Waals surface area contributed by atoms with Gasteiger partial charge in [0.15, 0.2) is 0 Å². The quantitative estimate of drug-likeness (QED) is 0.107. The molecule has 21 rings (SSSR count). The number of aromatic amines is 4. The lowest BCUT2D eigenvalue weighted by molar-refractivity contribution is -0.00705. The van der Waals surface area contributed by atoms with Gasteiger partial charge >= 0.3 is 0 Å². The first-order valence-corrected chi connectivity index (χ1v) is 43.2. The number of ether oxygens (including phenoxy) is 6. The summed E-state index contributed by atoms with van der Waals surface area (Å²) in [6, 6.07) is 109. The molecule has 14 nitrogen and oxygen atoms in total. The SMILES string of the molecule is C(#Cc1ccc2c(c1)-c1cc(C#Cc3ccc(-c4c5nc(c(-c6ccccc6)c6ccc([nH]6)c(-c6ccccc6)c6nc(c(-c7ccccc7)c7ccc4[nH]7)C=C6)C=C5)cc3)ccc1OCCOCCOCCOCCOCCO2)c1ccc(-c2c3nc(c(-c4ccccc4)c4ccc([nH]4)c(-c4ccccc4)c4nc(c(-c5ccccc5)c5ccc2[nH]5)C=C4)C=C3)cc1. The Morgan fingerprint density at radius 2 is 0.375 bits per heavy atom. The molecule has 5 aliphatic rings. The Balaban J connectivity index is 0.651. The van der Waals surface area contributed by atoms with Crippen LogP contribution in [0.1, 0.15) is 67.8 Å². The Morgan fingerprint density at radius 3 is 0.594 bits per heavy atom. The van der Waals surface area contributed by atoms with E-state index in [1.54, 1.807) is 0 Å². The normalized spacial score (nSPS) is 13.4. The summed E-state index contributed by atoms with van der Waals surface area (Å²) in [7, 11) is 0. The van der Waals surface area contributed by atoms with Gasteiger partial charge in [-0.25, -0.2) is 19.9 Å². The van der Waals surface area contributed by atoms with E-state index in [1.165, 1.54) is 0 Å². The summed E-state index contributed by atoms with van der Waals surface area (Å²) in [6.07, 6.45) is 17.0. The number of fused-ring (bicyclic) bond motifs is 19. The van der Waals surface area contributed by atoms with Crippen LogP contribution in [0.3, 0.4) is 0 Å². The highest BCUT2D eigenvalue weighted by atomic mass is 16.6. The van der Waals surface area contributed by atoms with Crippen molar-refractivity contribution in [2.45, 2.75) is 0 Å². The Labute approximate surface area is 741 Å². The van der Waals surface area contributed by atoms with E-state index in [0.717, 1.165) is 212 Å². The third kappa shape index (κ3) is 16.8. The van der Waals surface area contributed by atoms with Crippen LogP contribution in [0.5, 0.6) is 11.5 Å². The molecule has 4 N–H and O–H groups in total. The first-order valence-electron chi connectivity index (χ1n) is 43.2. The molecule has 0 saturated carbocycles. The van der Waals surface area contributed by atoms with Crippen LogP contribution in [-0.4, -0.2) is 106 Å². The van der Waals surface area contributed by atoms with Crippen LogP contribution < -0.4 is 9.47 Å². The van der Waals surface area contributed by atoms with Crippen molar-refractivity contribution in [3.8, 4) is 135 Å². The third-order valence-corrected chi connectivity index (χ3v) is 23.3. The van der Waals surface area contributed by atoms with Crippen molar-refractivity contribution in [1.82, 2.24) is 39.9 Å². The number of nitrogens with zero attached hydrogens (tertiary/aromatic N) is 4. The molecule has 6 aromatic heterocycles. The average molecular weight is 1660 g/mol. The lowest BCUT2D eigenvalue weighted by Gasteiger charge is -2.17. The lowest BCUT2D eigenvalue weighted by atomic mass is 9.98. The minimum atomic E-state index is 0.273. The summed E-state index contributed by atoms with van der Waals surface area (Å²) in [4.78, 5) is 37.7. The molecule has 16 aromatic rings. The zero-order chi connectivity index (χ0) is 85.3. The van der Waals surface area contributed by atoms with Gasteiger partial charge in [0.05, 0.1) is 98.4 Å². The summed E-state index contributed by atoms with van der Waals surface area (Å²) < 4.78 is 37.1. The maximum atomic E-state index is 6.69. The highest BCUT2D eigenvalue weighted by Gasteiger charge is 2.24. The number of aromatic nitrogens is 8. The Kier molecular flexibility index (Phi) is 22.5. The van der Waals surface area contributed by atoms with Gasteiger partial charge in [0.1, 0.15) is 24.7 Å². The van der Waals surface area contributed by atoms with E-state index in [2.05, 4.69) is 347 Å². The average Bonchev–Trinajstić information content (AvgIpc) is 1.64. The van der Waals surface area contributed by atoms with Crippen LogP contribution in [0.25, 0.3) is 193 Å². The molecule has 14 heteroatoms. The lowest BCUT2D eigenvalue weighted by Crippen LogP contribution is -2.15. The van der Waals surface area contributed by atoms with Gasteiger partial charge in [0.25, 0.3) is 0 Å². The van der Waals surface area contributed by atoms with E-state index in [9.17, 15) is 0 Å². The van der Waals surface area contributed by atoms with Crippen LogP contribution in [0.4, 0.5) is 0 Å². The predicted octanol–water partition coefficient (Wildman–Crippen LogP) is 25.3. The largest absolute Gasteiger partial charge is 0.491 e. The summed E-state index contributed by atoms with van der Waals surface area (Å²) >= 11 is 0. The van der Waals surface area contributed by atoms with E-state index < -0.39 is 0 Å². The molecule has 0 atom stereocenters. The van der Waals surface area contributed by atoms with E-state index in [4.69, 9.17) is 48.4 Å². The number of hydrogen-bond acceptors (Lipinski definition) is 10. The standard InChI is InChI=1S/C114H84N8O6/c1-7-19-79(20-8-1)107-89-45-49-93(115-89)109(81-23-11-3-12-24-81)97-53-57-101(119-97)113(102-58-54-98(120-102)110(82-25-13-4-14-26-82)94-50-46-90(107)116-94)85-41-35-75(36-42-85)31-33-77-39-61-105-87(73-77)88-74-78(40-62-106(88)128-72-70-126-68-66-124-64-63-123-65-67-125-69-71-127-105)34-32-76-37-43-86(44-38-76)114-103-59-55-99(121-103)111(83-27-15-5-16-28-83)95-51-47-91(117-95)108(80-21-9-2-10-22-80)92-48-52-96(118-92)112(84-29-17-6-18-30-84)100-56-60-104(114)122-100/h1-30,35-62,73-74,115,117,120,122H,63-72H2. The summed E-state index contributed by atoms with van der Waals surface area (Å²) in [5.74, 6) is 15.4. The van der Waals surface area contributed by atoms with Crippen molar-refractivity contribution in [2.75, 3.05) is 66.1 Å². The minimum absolute atomic E-state index is 0.273.